The molecule has 1 aromatic carbocycles. The number of benzene rings is 1. The number of urea groups is 1. The third-order valence-corrected chi connectivity index (χ3v) is 3.94. The lowest BCUT2D eigenvalue weighted by Gasteiger charge is -2.23. The SMILES string of the molecule is CN1C(=O)N(C)C2C1NC(=S)N2/N=C/c1ccc(F)cc1. The number of thiocarbonyl (C=S) groups is 1. The molecule has 1 N–H and O–H groups in total. The summed E-state index contributed by atoms with van der Waals surface area (Å²) < 4.78 is 12.9. The van der Waals surface area contributed by atoms with Gasteiger partial charge in [0.1, 0.15) is 12.0 Å². The normalized spacial score (nSPS) is 25.0. The van der Waals surface area contributed by atoms with E-state index in [9.17, 15) is 9.18 Å². The summed E-state index contributed by atoms with van der Waals surface area (Å²) in [7, 11) is 3.42. The topological polar surface area (TPSA) is 51.2 Å². The molecule has 0 bridgehead atoms. The first-order chi connectivity index (χ1) is 9.99. The van der Waals surface area contributed by atoms with Gasteiger partial charge < -0.3 is 15.1 Å². The highest BCUT2D eigenvalue weighted by molar-refractivity contribution is 7.80. The van der Waals surface area contributed by atoms with Gasteiger partial charge in [0.05, 0.1) is 6.21 Å². The number of halogens is 1. The van der Waals surface area contributed by atoms with Crippen molar-refractivity contribution in [2.75, 3.05) is 14.1 Å². The van der Waals surface area contributed by atoms with Crippen LogP contribution in [-0.4, -0.2) is 58.6 Å². The fourth-order valence-electron chi connectivity index (χ4n) is 2.47. The smallest absolute Gasteiger partial charge is 0.323 e. The minimum Gasteiger partial charge on any atom is -0.337 e. The van der Waals surface area contributed by atoms with Crippen molar-refractivity contribution >= 4 is 29.6 Å². The Morgan fingerprint density at radius 1 is 1.29 bits per heavy atom. The molecule has 2 heterocycles. The molecular formula is C13H14FN5OS. The Morgan fingerprint density at radius 2 is 1.95 bits per heavy atom. The highest BCUT2D eigenvalue weighted by Crippen LogP contribution is 2.26. The van der Waals surface area contributed by atoms with Crippen LogP contribution in [0.2, 0.25) is 0 Å². The molecular weight excluding hydrogens is 293 g/mol. The maximum atomic E-state index is 12.9. The lowest BCUT2D eigenvalue weighted by Crippen LogP contribution is -2.41. The standard InChI is InChI=1S/C13H14FN5OS/c1-17-10-11(18(2)13(17)20)19(12(21)16-10)15-7-8-3-5-9(14)6-4-8/h3-7,10-11H,1-2H3,(H,16,21)/b15-7+. The Bertz CT molecular complexity index is 619. The molecule has 8 heteroatoms. The predicted molar refractivity (Wildman–Crippen MR) is 80.1 cm³/mol. The number of nitrogens with one attached hydrogen (secondary N) is 1. The molecule has 0 radical (unpaired) electrons. The Kier molecular flexibility index (Phi) is 3.25. The number of nitrogens with zero attached hydrogens (tertiary/aromatic N) is 4. The van der Waals surface area contributed by atoms with Crippen LogP contribution in [0, 0.1) is 5.82 Å². The zero-order valence-electron chi connectivity index (χ0n) is 11.5. The van der Waals surface area contributed by atoms with Gasteiger partial charge in [-0.3, -0.25) is 0 Å². The zero-order valence-corrected chi connectivity index (χ0v) is 12.3. The quantitative estimate of drug-likeness (QED) is 0.654. The van der Waals surface area contributed by atoms with E-state index < -0.39 is 0 Å². The van der Waals surface area contributed by atoms with E-state index in [1.54, 1.807) is 47.3 Å². The number of hydrogen-bond donors (Lipinski definition) is 1. The molecule has 1 aromatic rings. The molecule has 110 valence electrons. The molecule has 2 aliphatic rings. The molecule has 2 atom stereocenters. The molecule has 21 heavy (non-hydrogen) atoms. The van der Waals surface area contributed by atoms with Crippen molar-refractivity contribution in [1.29, 1.82) is 0 Å². The van der Waals surface area contributed by atoms with Crippen LogP contribution in [0.4, 0.5) is 9.18 Å². The van der Waals surface area contributed by atoms with Gasteiger partial charge in [0.25, 0.3) is 0 Å². The maximum absolute atomic E-state index is 12.9. The van der Waals surface area contributed by atoms with Crippen molar-refractivity contribution in [2.45, 2.75) is 12.3 Å². The fourth-order valence-corrected chi connectivity index (χ4v) is 2.75. The van der Waals surface area contributed by atoms with Crippen molar-refractivity contribution in [3.63, 3.8) is 0 Å². The van der Waals surface area contributed by atoms with Crippen molar-refractivity contribution in [1.82, 2.24) is 20.1 Å². The van der Waals surface area contributed by atoms with Gasteiger partial charge in [0.2, 0.25) is 0 Å². The third kappa shape index (κ3) is 2.21. The van der Waals surface area contributed by atoms with Crippen molar-refractivity contribution in [3.05, 3.63) is 35.6 Å². The average Bonchev–Trinajstić information content (AvgIpc) is 2.90. The van der Waals surface area contributed by atoms with Crippen LogP contribution < -0.4 is 5.32 Å². The van der Waals surface area contributed by atoms with Crippen LogP contribution in [0.1, 0.15) is 5.56 Å². The van der Waals surface area contributed by atoms with Crippen LogP contribution in [-0.2, 0) is 0 Å². The third-order valence-electron chi connectivity index (χ3n) is 3.63. The summed E-state index contributed by atoms with van der Waals surface area (Å²) in [6.07, 6.45) is 1.08. The van der Waals surface area contributed by atoms with Crippen LogP contribution in [0.15, 0.2) is 29.4 Å². The van der Waals surface area contributed by atoms with E-state index in [4.69, 9.17) is 12.2 Å². The Balaban J connectivity index is 1.83. The van der Waals surface area contributed by atoms with Crippen LogP contribution in [0.3, 0.4) is 0 Å². The summed E-state index contributed by atoms with van der Waals surface area (Å²) in [4.78, 5) is 15.1. The number of likely N-dealkylation sites (N-methyl/N-ethyl adjacent to an activating group) is 2. The predicted octanol–water partition coefficient (Wildman–Crippen LogP) is 0.999. The largest absolute Gasteiger partial charge is 0.337 e. The number of carbonyl (C=O) groups excluding carboxylic acids is 1. The molecule has 0 spiro atoms. The van der Waals surface area contributed by atoms with Gasteiger partial charge in [-0.2, -0.15) is 5.10 Å². The number of rotatable bonds is 2. The van der Waals surface area contributed by atoms with Gasteiger partial charge >= 0.3 is 6.03 Å². The summed E-state index contributed by atoms with van der Waals surface area (Å²) in [6.45, 7) is 0. The lowest BCUT2D eigenvalue weighted by atomic mass is 10.2. The molecule has 2 saturated heterocycles. The number of fused-ring (bicyclic) bond motifs is 1. The lowest BCUT2D eigenvalue weighted by molar-refractivity contribution is 0.174. The second-order valence-corrected chi connectivity index (χ2v) is 5.34. The maximum Gasteiger partial charge on any atom is 0.323 e. The zero-order chi connectivity index (χ0) is 15.1. The second kappa shape index (κ2) is 4.96. The monoisotopic (exact) mass is 307 g/mol. The fraction of sp³-hybridized carbons (Fsp3) is 0.308. The van der Waals surface area contributed by atoms with E-state index in [0.29, 0.717) is 5.11 Å². The van der Waals surface area contributed by atoms with Crippen molar-refractivity contribution < 1.29 is 9.18 Å². The van der Waals surface area contributed by atoms with Gasteiger partial charge in [0.15, 0.2) is 11.3 Å². The molecule has 2 amide bonds. The first kappa shape index (κ1) is 13.7. The van der Waals surface area contributed by atoms with Crippen LogP contribution in [0.25, 0.3) is 0 Å². The Labute approximate surface area is 126 Å². The first-order valence-corrected chi connectivity index (χ1v) is 6.79. The van der Waals surface area contributed by atoms with Crippen LogP contribution >= 0.6 is 12.2 Å². The van der Waals surface area contributed by atoms with E-state index >= 15 is 0 Å². The van der Waals surface area contributed by atoms with Gasteiger partial charge in [-0.15, -0.1) is 0 Å². The minimum absolute atomic E-state index is 0.0954. The highest BCUT2D eigenvalue weighted by Gasteiger charge is 2.51. The Morgan fingerprint density at radius 3 is 2.62 bits per heavy atom. The Hall–Kier alpha value is -2.22. The molecule has 0 saturated carbocycles. The van der Waals surface area contributed by atoms with E-state index in [1.807, 2.05) is 0 Å². The molecule has 2 fully saturated rings. The molecule has 0 aliphatic carbocycles. The van der Waals surface area contributed by atoms with Crippen LogP contribution in [0.5, 0.6) is 0 Å². The number of hydrazone groups is 1. The van der Waals surface area contributed by atoms with E-state index in [-0.39, 0.29) is 24.2 Å². The van der Waals surface area contributed by atoms with Gasteiger partial charge in [-0.25, -0.2) is 14.2 Å². The number of carbonyl (C=O) groups is 1. The van der Waals surface area contributed by atoms with Crippen molar-refractivity contribution in [3.8, 4) is 0 Å². The van der Waals surface area contributed by atoms with Crippen molar-refractivity contribution in [2.24, 2.45) is 5.10 Å². The van der Waals surface area contributed by atoms with E-state index in [1.165, 1.54) is 12.1 Å². The number of hydrogen-bond acceptors (Lipinski definition) is 3. The number of amides is 2. The summed E-state index contributed by atoms with van der Waals surface area (Å²) >= 11 is 5.25. The van der Waals surface area contributed by atoms with E-state index in [2.05, 4.69) is 10.4 Å². The van der Waals surface area contributed by atoms with Gasteiger partial charge in [-0.1, -0.05) is 12.1 Å². The van der Waals surface area contributed by atoms with Gasteiger partial charge in [-0.05, 0) is 29.9 Å². The minimum atomic E-state index is -0.298. The highest BCUT2D eigenvalue weighted by atomic mass is 32.1. The van der Waals surface area contributed by atoms with E-state index in [0.717, 1.165) is 5.56 Å². The first-order valence-electron chi connectivity index (χ1n) is 6.38. The molecule has 6 nitrogen and oxygen atoms in total. The molecule has 0 aromatic heterocycles. The summed E-state index contributed by atoms with van der Waals surface area (Å²) in [6, 6.07) is 5.88. The summed E-state index contributed by atoms with van der Waals surface area (Å²) in [5.41, 5.74) is 0.753. The average molecular weight is 307 g/mol. The second-order valence-electron chi connectivity index (χ2n) is 4.95. The molecule has 2 unspecified atom stereocenters. The summed E-state index contributed by atoms with van der Waals surface area (Å²) in [5.74, 6) is -0.298. The summed E-state index contributed by atoms with van der Waals surface area (Å²) in [5, 5.41) is 9.44. The molecule has 2 aliphatic heterocycles. The molecule has 3 rings (SSSR count). The van der Waals surface area contributed by atoms with Gasteiger partial charge in [0, 0.05) is 14.1 Å².